The molecule has 3 nitrogen and oxygen atoms in total. The van der Waals surface area contributed by atoms with E-state index < -0.39 is 0 Å². The van der Waals surface area contributed by atoms with Gasteiger partial charge in [-0.25, -0.2) is 4.39 Å². The summed E-state index contributed by atoms with van der Waals surface area (Å²) in [4.78, 5) is 15.1. The van der Waals surface area contributed by atoms with E-state index in [-0.39, 0.29) is 36.6 Å². The molecule has 1 amide bonds. The monoisotopic (exact) mass is 374 g/mol. The van der Waals surface area contributed by atoms with Gasteiger partial charge in [-0.05, 0) is 41.7 Å². The van der Waals surface area contributed by atoms with Gasteiger partial charge >= 0.3 is 0 Å². The summed E-state index contributed by atoms with van der Waals surface area (Å²) in [6.45, 7) is 4.81. The summed E-state index contributed by atoms with van der Waals surface area (Å²) in [5, 5.41) is 3.47. The molecular weight excluding hydrogens is 351 g/mol. The number of rotatable bonds is 3. The van der Waals surface area contributed by atoms with Crippen LogP contribution in [-0.4, -0.2) is 30.4 Å². The molecule has 0 saturated carbocycles. The molecule has 3 atom stereocenters. The number of hydrogen-bond acceptors (Lipinski definition) is 2. The fourth-order valence-corrected chi connectivity index (χ4v) is 4.42. The molecule has 0 unspecified atom stereocenters. The van der Waals surface area contributed by atoms with Crippen molar-refractivity contribution in [3.05, 3.63) is 71.0 Å². The van der Waals surface area contributed by atoms with Gasteiger partial charge in [0, 0.05) is 25.6 Å². The molecule has 4 rings (SSSR count). The summed E-state index contributed by atoms with van der Waals surface area (Å²) in [7, 11) is 0. The van der Waals surface area contributed by atoms with E-state index >= 15 is 0 Å². The number of aryl methyl sites for hydroxylation is 1. The minimum atomic E-state index is -0.289. The number of carbonyl (C=O) groups excluding carboxylic acids is 1. The van der Waals surface area contributed by atoms with Gasteiger partial charge in [0.2, 0.25) is 5.91 Å². The number of amides is 1. The molecule has 2 aliphatic heterocycles. The lowest BCUT2D eigenvalue weighted by Gasteiger charge is -2.29. The van der Waals surface area contributed by atoms with Crippen LogP contribution in [0.25, 0.3) is 0 Å². The van der Waals surface area contributed by atoms with Crippen LogP contribution in [0.4, 0.5) is 4.39 Å². The first-order chi connectivity index (χ1) is 12.1. The van der Waals surface area contributed by atoms with Gasteiger partial charge in [0.15, 0.2) is 0 Å². The zero-order valence-electron chi connectivity index (χ0n) is 14.8. The van der Waals surface area contributed by atoms with Gasteiger partial charge in [-0.15, -0.1) is 12.4 Å². The maximum absolute atomic E-state index is 13.4. The van der Waals surface area contributed by atoms with Gasteiger partial charge in [0.05, 0.1) is 12.5 Å². The van der Waals surface area contributed by atoms with Crippen molar-refractivity contribution in [3.8, 4) is 0 Å². The van der Waals surface area contributed by atoms with Crippen LogP contribution in [-0.2, 0) is 11.2 Å². The van der Waals surface area contributed by atoms with Crippen LogP contribution >= 0.6 is 12.4 Å². The maximum atomic E-state index is 13.4. The van der Waals surface area contributed by atoms with Crippen LogP contribution in [0, 0.1) is 24.6 Å². The summed E-state index contributed by atoms with van der Waals surface area (Å²) >= 11 is 0. The Kier molecular flexibility index (Phi) is 5.64. The fraction of sp³-hybridized carbons (Fsp3) is 0.381. The Morgan fingerprint density at radius 2 is 2.00 bits per heavy atom. The Hall–Kier alpha value is -1.91. The molecule has 0 aliphatic carbocycles. The second-order valence-corrected chi connectivity index (χ2v) is 7.24. The van der Waals surface area contributed by atoms with Crippen LogP contribution in [0.5, 0.6) is 0 Å². The Morgan fingerprint density at radius 1 is 1.19 bits per heavy atom. The van der Waals surface area contributed by atoms with E-state index in [1.165, 1.54) is 23.3 Å². The maximum Gasteiger partial charge on any atom is 0.227 e. The lowest BCUT2D eigenvalue weighted by molar-refractivity contribution is -0.131. The number of halogens is 2. The first-order valence-electron chi connectivity index (χ1n) is 8.93. The number of benzene rings is 2. The highest BCUT2D eigenvalue weighted by molar-refractivity contribution is 5.85. The van der Waals surface area contributed by atoms with Crippen molar-refractivity contribution in [1.82, 2.24) is 10.2 Å². The number of hydrogen-bond donors (Lipinski definition) is 1. The zero-order chi connectivity index (χ0) is 17.4. The lowest BCUT2D eigenvalue weighted by atomic mass is 9.87. The first-order valence-corrected chi connectivity index (χ1v) is 8.93. The number of nitrogens with one attached hydrogen (secondary N) is 1. The molecule has 138 valence electrons. The minimum absolute atomic E-state index is 0. The van der Waals surface area contributed by atoms with Crippen molar-refractivity contribution in [2.24, 2.45) is 11.8 Å². The molecule has 2 aromatic rings. The molecule has 0 aromatic heterocycles. The number of likely N-dealkylation sites (tertiary alicyclic amines) is 1. The van der Waals surface area contributed by atoms with Crippen LogP contribution in [0.3, 0.4) is 0 Å². The molecule has 0 radical (unpaired) electrons. The highest BCUT2D eigenvalue weighted by Gasteiger charge is 2.46. The quantitative estimate of drug-likeness (QED) is 0.891. The Morgan fingerprint density at radius 3 is 2.77 bits per heavy atom. The molecule has 2 aliphatic rings. The standard InChI is InChI=1S/C21H23FN2O.ClH/c1-14-5-2-3-8-18(14)21-19-12-23-11-16(19)13-24(21)20(25)10-15-6-4-7-17(22)9-15;/h2-9,16,19,21,23H,10-13H2,1H3;1H/t16-,19-,21+;/m0./s1. The second-order valence-electron chi connectivity index (χ2n) is 7.24. The average Bonchev–Trinajstić information content (AvgIpc) is 3.16. The van der Waals surface area contributed by atoms with Crippen LogP contribution in [0.1, 0.15) is 22.7 Å². The summed E-state index contributed by atoms with van der Waals surface area (Å²) in [5.74, 6) is 0.759. The van der Waals surface area contributed by atoms with E-state index in [0.717, 1.165) is 25.2 Å². The average molecular weight is 375 g/mol. The molecule has 1 N–H and O–H groups in total. The molecule has 2 saturated heterocycles. The molecule has 2 heterocycles. The third-order valence-corrected chi connectivity index (χ3v) is 5.64. The molecule has 2 fully saturated rings. The zero-order valence-corrected chi connectivity index (χ0v) is 15.6. The smallest absolute Gasteiger partial charge is 0.227 e. The van der Waals surface area contributed by atoms with Crippen molar-refractivity contribution < 1.29 is 9.18 Å². The summed E-state index contributed by atoms with van der Waals surface area (Å²) in [6.07, 6.45) is 0.257. The van der Waals surface area contributed by atoms with Gasteiger partial charge in [-0.2, -0.15) is 0 Å². The molecular formula is C21H24ClFN2O. The largest absolute Gasteiger partial charge is 0.335 e. The van der Waals surface area contributed by atoms with Crippen molar-refractivity contribution >= 4 is 18.3 Å². The Labute approximate surface area is 160 Å². The molecule has 26 heavy (non-hydrogen) atoms. The van der Waals surface area contributed by atoms with Gasteiger partial charge in [-0.3, -0.25) is 4.79 Å². The number of nitrogens with zero attached hydrogens (tertiary/aromatic N) is 1. The first kappa shape index (κ1) is 18.9. The van der Waals surface area contributed by atoms with E-state index in [1.807, 2.05) is 23.1 Å². The Bertz CT molecular complexity index is 797. The number of fused-ring (bicyclic) bond motifs is 1. The molecule has 0 spiro atoms. The topological polar surface area (TPSA) is 32.3 Å². The van der Waals surface area contributed by atoms with Crippen molar-refractivity contribution in [2.75, 3.05) is 19.6 Å². The summed E-state index contributed by atoms with van der Waals surface area (Å²) < 4.78 is 13.4. The second kappa shape index (κ2) is 7.77. The van der Waals surface area contributed by atoms with Crippen LogP contribution in [0.15, 0.2) is 48.5 Å². The lowest BCUT2D eigenvalue weighted by Crippen LogP contribution is -2.36. The van der Waals surface area contributed by atoms with Crippen molar-refractivity contribution in [1.29, 1.82) is 0 Å². The fourth-order valence-electron chi connectivity index (χ4n) is 4.42. The van der Waals surface area contributed by atoms with Gasteiger partial charge in [-0.1, -0.05) is 36.4 Å². The predicted octanol–water partition coefficient (Wildman–Crippen LogP) is 3.52. The van der Waals surface area contributed by atoms with E-state index in [1.54, 1.807) is 6.07 Å². The van der Waals surface area contributed by atoms with Gasteiger partial charge in [0.25, 0.3) is 0 Å². The van der Waals surface area contributed by atoms with Gasteiger partial charge < -0.3 is 10.2 Å². The highest BCUT2D eigenvalue weighted by atomic mass is 35.5. The third kappa shape index (κ3) is 3.49. The molecule has 5 heteroatoms. The van der Waals surface area contributed by atoms with E-state index in [2.05, 4.69) is 24.4 Å². The van der Waals surface area contributed by atoms with Crippen molar-refractivity contribution in [2.45, 2.75) is 19.4 Å². The van der Waals surface area contributed by atoms with Crippen LogP contribution in [0.2, 0.25) is 0 Å². The van der Waals surface area contributed by atoms with E-state index in [0.29, 0.717) is 11.8 Å². The van der Waals surface area contributed by atoms with E-state index in [9.17, 15) is 9.18 Å². The van der Waals surface area contributed by atoms with Gasteiger partial charge in [0.1, 0.15) is 5.82 Å². The molecule has 0 bridgehead atoms. The summed E-state index contributed by atoms with van der Waals surface area (Å²) in [5.41, 5.74) is 3.21. The van der Waals surface area contributed by atoms with E-state index in [4.69, 9.17) is 0 Å². The van der Waals surface area contributed by atoms with Crippen molar-refractivity contribution in [3.63, 3.8) is 0 Å². The van der Waals surface area contributed by atoms with Crippen LogP contribution < -0.4 is 5.32 Å². The Balaban J connectivity index is 0.00000196. The SMILES string of the molecule is Cc1ccccc1[C@@H]1[C@H]2CNC[C@H]2CN1C(=O)Cc1cccc(F)c1.Cl. The normalized spacial score (nSPS) is 24.2. The molecule has 2 aromatic carbocycles. The highest BCUT2D eigenvalue weighted by Crippen LogP contribution is 2.43. The third-order valence-electron chi connectivity index (χ3n) is 5.64. The minimum Gasteiger partial charge on any atom is -0.335 e. The summed E-state index contributed by atoms with van der Waals surface area (Å²) in [6, 6.07) is 14.8. The number of carbonyl (C=O) groups is 1. The predicted molar refractivity (Wildman–Crippen MR) is 103 cm³/mol.